The lowest BCUT2D eigenvalue weighted by molar-refractivity contribution is -0.132. The number of nitrogens with zero attached hydrogens (tertiary/aromatic N) is 2. The standard InChI is InChI=1S/C22H28N4O3.HI/c1-26-15-16(8-9-21(26)27)24-22(23-12-10-17-5-4-13-28-17)25-19-11-14-29-20-7-3-2-6-18(19)20;/h2-7,13,16,19H,8-12,14-15H2,1H3,(H2,23,24,25);1H. The molecule has 30 heavy (non-hydrogen) atoms. The van der Waals surface area contributed by atoms with Crippen molar-refractivity contribution in [2.24, 2.45) is 4.99 Å². The smallest absolute Gasteiger partial charge is 0.222 e. The van der Waals surface area contributed by atoms with Gasteiger partial charge in [0.1, 0.15) is 11.5 Å². The lowest BCUT2D eigenvalue weighted by Crippen LogP contribution is -2.52. The first kappa shape index (κ1) is 22.5. The van der Waals surface area contributed by atoms with Gasteiger partial charge in [0.05, 0.1) is 18.9 Å². The summed E-state index contributed by atoms with van der Waals surface area (Å²) in [6.07, 6.45) is 4.68. The Kier molecular flexibility index (Phi) is 8.01. The molecule has 8 heteroatoms. The Morgan fingerprint density at radius 1 is 1.20 bits per heavy atom. The average Bonchev–Trinajstić information content (AvgIpc) is 3.24. The van der Waals surface area contributed by atoms with E-state index in [0.29, 0.717) is 26.1 Å². The van der Waals surface area contributed by atoms with E-state index in [1.54, 1.807) is 11.2 Å². The monoisotopic (exact) mass is 524 g/mol. The summed E-state index contributed by atoms with van der Waals surface area (Å²) in [7, 11) is 1.85. The van der Waals surface area contributed by atoms with E-state index < -0.39 is 0 Å². The molecule has 2 aromatic rings. The number of hydrogen-bond acceptors (Lipinski definition) is 4. The van der Waals surface area contributed by atoms with E-state index in [0.717, 1.165) is 42.3 Å². The molecule has 0 aliphatic carbocycles. The lowest BCUT2D eigenvalue weighted by Gasteiger charge is -2.33. The van der Waals surface area contributed by atoms with Crippen LogP contribution in [0.25, 0.3) is 0 Å². The van der Waals surface area contributed by atoms with Crippen molar-refractivity contribution in [3.8, 4) is 5.75 Å². The van der Waals surface area contributed by atoms with E-state index >= 15 is 0 Å². The van der Waals surface area contributed by atoms with Gasteiger partial charge >= 0.3 is 0 Å². The molecule has 2 unspecified atom stereocenters. The quantitative estimate of drug-likeness (QED) is 0.357. The number of benzene rings is 1. The van der Waals surface area contributed by atoms with Crippen molar-refractivity contribution < 1.29 is 13.9 Å². The number of guanidine groups is 1. The van der Waals surface area contributed by atoms with Gasteiger partial charge in [-0.25, -0.2) is 0 Å². The number of likely N-dealkylation sites (N-methyl/N-ethyl adjacent to an activating group) is 1. The van der Waals surface area contributed by atoms with Crippen LogP contribution in [0.1, 0.15) is 36.6 Å². The Labute approximate surface area is 194 Å². The van der Waals surface area contributed by atoms with Crippen LogP contribution in [0.5, 0.6) is 5.75 Å². The summed E-state index contributed by atoms with van der Waals surface area (Å²) in [6.45, 7) is 1.98. The second-order valence-corrected chi connectivity index (χ2v) is 7.59. The van der Waals surface area contributed by atoms with Crippen LogP contribution in [-0.2, 0) is 11.2 Å². The minimum Gasteiger partial charge on any atom is -0.493 e. The molecule has 2 atom stereocenters. The van der Waals surface area contributed by atoms with Gasteiger partial charge in [-0.3, -0.25) is 9.79 Å². The number of halogens is 1. The van der Waals surface area contributed by atoms with E-state index in [4.69, 9.17) is 14.1 Å². The molecule has 4 rings (SSSR count). The molecular formula is C22H29IN4O3. The third kappa shape index (κ3) is 5.68. The zero-order chi connectivity index (χ0) is 20.1. The third-order valence-electron chi connectivity index (χ3n) is 5.45. The van der Waals surface area contributed by atoms with Crippen molar-refractivity contribution in [3.05, 3.63) is 54.0 Å². The first-order chi connectivity index (χ1) is 14.2. The zero-order valence-electron chi connectivity index (χ0n) is 17.2. The van der Waals surface area contributed by atoms with Crippen molar-refractivity contribution >= 4 is 35.8 Å². The molecule has 2 aliphatic rings. The molecule has 2 N–H and O–H groups in total. The number of furan rings is 1. The highest BCUT2D eigenvalue weighted by atomic mass is 127. The van der Waals surface area contributed by atoms with Crippen molar-refractivity contribution in [3.63, 3.8) is 0 Å². The maximum Gasteiger partial charge on any atom is 0.222 e. The highest BCUT2D eigenvalue weighted by molar-refractivity contribution is 14.0. The largest absolute Gasteiger partial charge is 0.493 e. The molecule has 2 aliphatic heterocycles. The molecule has 0 saturated carbocycles. The molecule has 3 heterocycles. The number of likely N-dealkylation sites (tertiary alicyclic amines) is 1. The number of piperidine rings is 1. The fraction of sp³-hybridized carbons (Fsp3) is 0.455. The second kappa shape index (κ2) is 10.7. The molecule has 1 aromatic heterocycles. The minimum absolute atomic E-state index is 0. The highest BCUT2D eigenvalue weighted by Gasteiger charge is 2.26. The number of carbonyl (C=O) groups excluding carboxylic acids is 1. The van der Waals surface area contributed by atoms with E-state index in [1.165, 1.54) is 0 Å². The first-order valence-corrected chi connectivity index (χ1v) is 10.2. The Bertz CT molecular complexity index is 856. The summed E-state index contributed by atoms with van der Waals surface area (Å²) < 4.78 is 11.2. The minimum atomic E-state index is 0. The third-order valence-corrected chi connectivity index (χ3v) is 5.45. The number of amides is 1. The van der Waals surface area contributed by atoms with Gasteiger partial charge in [-0.2, -0.15) is 0 Å². The molecule has 0 spiro atoms. The number of hydrogen-bond donors (Lipinski definition) is 2. The summed E-state index contributed by atoms with van der Waals surface area (Å²) in [6, 6.07) is 12.3. The molecule has 0 radical (unpaired) electrons. The SMILES string of the molecule is CN1CC(NC(=NCCc2ccco2)NC2CCOc3ccccc32)CCC1=O.I. The van der Waals surface area contributed by atoms with Crippen LogP contribution < -0.4 is 15.4 Å². The maximum atomic E-state index is 11.8. The van der Waals surface area contributed by atoms with Crippen LogP contribution in [0.3, 0.4) is 0 Å². The predicted octanol–water partition coefficient (Wildman–Crippen LogP) is 3.12. The number of para-hydroxylation sites is 1. The van der Waals surface area contributed by atoms with Crippen LogP contribution in [0.15, 0.2) is 52.1 Å². The van der Waals surface area contributed by atoms with Crippen molar-refractivity contribution in [2.45, 2.75) is 37.8 Å². The van der Waals surface area contributed by atoms with Crippen LogP contribution in [0, 0.1) is 0 Å². The number of fused-ring (bicyclic) bond motifs is 1. The molecule has 162 valence electrons. The maximum absolute atomic E-state index is 11.8. The van der Waals surface area contributed by atoms with Gasteiger partial charge < -0.3 is 24.7 Å². The van der Waals surface area contributed by atoms with Gasteiger partial charge in [-0.1, -0.05) is 18.2 Å². The van der Waals surface area contributed by atoms with E-state index in [1.807, 2.05) is 37.4 Å². The fourth-order valence-corrected chi connectivity index (χ4v) is 3.85. The van der Waals surface area contributed by atoms with Crippen LogP contribution >= 0.6 is 24.0 Å². The predicted molar refractivity (Wildman–Crippen MR) is 126 cm³/mol. The second-order valence-electron chi connectivity index (χ2n) is 7.59. The Morgan fingerprint density at radius 3 is 2.87 bits per heavy atom. The van der Waals surface area contributed by atoms with Crippen LogP contribution in [-0.4, -0.2) is 49.6 Å². The van der Waals surface area contributed by atoms with Gasteiger partial charge in [0.2, 0.25) is 5.91 Å². The Balaban J connectivity index is 0.00000256. The van der Waals surface area contributed by atoms with Crippen molar-refractivity contribution in [1.29, 1.82) is 0 Å². The summed E-state index contributed by atoms with van der Waals surface area (Å²) >= 11 is 0. The number of carbonyl (C=O) groups is 1. The van der Waals surface area contributed by atoms with E-state index in [2.05, 4.69) is 16.7 Å². The molecule has 1 amide bonds. The average molecular weight is 524 g/mol. The summed E-state index contributed by atoms with van der Waals surface area (Å²) in [5.41, 5.74) is 1.15. The lowest BCUT2D eigenvalue weighted by atomic mass is 10.0. The van der Waals surface area contributed by atoms with Crippen LogP contribution in [0.2, 0.25) is 0 Å². The molecular weight excluding hydrogens is 495 g/mol. The van der Waals surface area contributed by atoms with Crippen LogP contribution in [0.4, 0.5) is 0 Å². The van der Waals surface area contributed by atoms with E-state index in [-0.39, 0.29) is 42.0 Å². The van der Waals surface area contributed by atoms with Gasteiger partial charge in [0.25, 0.3) is 0 Å². The molecule has 1 saturated heterocycles. The van der Waals surface area contributed by atoms with Crippen molar-refractivity contribution in [1.82, 2.24) is 15.5 Å². The first-order valence-electron chi connectivity index (χ1n) is 10.2. The number of nitrogens with one attached hydrogen (secondary N) is 2. The van der Waals surface area contributed by atoms with Crippen molar-refractivity contribution in [2.75, 3.05) is 26.7 Å². The van der Waals surface area contributed by atoms with E-state index in [9.17, 15) is 4.79 Å². The number of rotatable bonds is 5. The summed E-state index contributed by atoms with van der Waals surface area (Å²) in [5.74, 6) is 2.82. The molecule has 1 aromatic carbocycles. The summed E-state index contributed by atoms with van der Waals surface area (Å²) in [5, 5.41) is 7.13. The van der Waals surface area contributed by atoms with Gasteiger partial charge in [-0.05, 0) is 24.6 Å². The molecule has 7 nitrogen and oxygen atoms in total. The topological polar surface area (TPSA) is 79.1 Å². The van der Waals surface area contributed by atoms with Gasteiger partial charge in [0.15, 0.2) is 5.96 Å². The van der Waals surface area contributed by atoms with Gasteiger partial charge in [-0.15, -0.1) is 24.0 Å². The molecule has 0 bridgehead atoms. The highest BCUT2D eigenvalue weighted by Crippen LogP contribution is 2.31. The Hall–Kier alpha value is -2.23. The summed E-state index contributed by atoms with van der Waals surface area (Å²) in [4.78, 5) is 18.4. The fourth-order valence-electron chi connectivity index (χ4n) is 3.85. The number of aliphatic imine (C=N–C) groups is 1. The normalized spacial score (nSPS) is 21.3. The molecule has 1 fully saturated rings. The Morgan fingerprint density at radius 2 is 2.07 bits per heavy atom. The number of ether oxygens (including phenoxy) is 1. The van der Waals surface area contributed by atoms with Gasteiger partial charge in [0, 0.05) is 51.0 Å². The zero-order valence-corrected chi connectivity index (χ0v) is 19.5.